The Balaban J connectivity index is 1.69. The topological polar surface area (TPSA) is 80.5 Å². The third-order valence-electron chi connectivity index (χ3n) is 4.51. The first-order valence-electron chi connectivity index (χ1n) is 7.52. The number of fused-ring (bicyclic) bond motifs is 1. The fourth-order valence-electron chi connectivity index (χ4n) is 3.40. The summed E-state index contributed by atoms with van der Waals surface area (Å²) in [6.07, 6.45) is 6.36. The second kappa shape index (κ2) is 5.89. The molecule has 114 valence electrons. The number of nitrogens with one attached hydrogen (secondary N) is 1. The average Bonchev–Trinajstić information content (AvgIpc) is 2.96. The van der Waals surface area contributed by atoms with Crippen LogP contribution in [0.25, 0.3) is 0 Å². The highest BCUT2D eigenvalue weighted by Crippen LogP contribution is 2.28. The summed E-state index contributed by atoms with van der Waals surface area (Å²) in [6, 6.07) is 2.79. The number of hydrogen-bond acceptors (Lipinski definition) is 6. The van der Waals surface area contributed by atoms with Crippen LogP contribution in [0.15, 0.2) is 12.3 Å². The zero-order valence-corrected chi connectivity index (χ0v) is 12.3. The van der Waals surface area contributed by atoms with Gasteiger partial charge in [0.15, 0.2) is 0 Å². The number of piperidine rings is 1. The first-order valence-corrected chi connectivity index (χ1v) is 7.52. The number of nitrogen functional groups attached to an aromatic ring is 1. The van der Waals surface area contributed by atoms with Crippen LogP contribution in [0.5, 0.6) is 0 Å². The van der Waals surface area contributed by atoms with Crippen LogP contribution in [0, 0.1) is 0 Å². The number of nitrogens with zero attached hydrogens (tertiary/aromatic N) is 2. The molecule has 21 heavy (non-hydrogen) atoms. The predicted molar refractivity (Wildman–Crippen MR) is 81.2 cm³/mol. The Morgan fingerprint density at radius 2 is 2.33 bits per heavy atom. The van der Waals surface area contributed by atoms with E-state index >= 15 is 0 Å². The van der Waals surface area contributed by atoms with Gasteiger partial charge in [-0.3, -0.25) is 0 Å². The quantitative estimate of drug-likeness (QED) is 0.821. The molecule has 1 aromatic rings. The third kappa shape index (κ3) is 2.95. The SMILES string of the molecule is COC(=O)c1cc(NC2CCN3CCCC3C2)ncc1N. The van der Waals surface area contributed by atoms with Gasteiger partial charge in [-0.05, 0) is 38.3 Å². The lowest BCUT2D eigenvalue weighted by atomic mass is 9.97. The van der Waals surface area contributed by atoms with E-state index in [1.165, 1.54) is 32.7 Å². The molecular formula is C15H22N4O2. The predicted octanol–water partition coefficient (Wildman–Crippen LogP) is 1.49. The van der Waals surface area contributed by atoms with Crippen molar-refractivity contribution < 1.29 is 9.53 Å². The van der Waals surface area contributed by atoms with Gasteiger partial charge in [-0.1, -0.05) is 0 Å². The van der Waals surface area contributed by atoms with Crippen molar-refractivity contribution in [1.82, 2.24) is 9.88 Å². The molecule has 0 radical (unpaired) electrons. The smallest absolute Gasteiger partial charge is 0.340 e. The minimum Gasteiger partial charge on any atom is -0.465 e. The van der Waals surface area contributed by atoms with Gasteiger partial charge in [0.1, 0.15) is 5.82 Å². The maximum atomic E-state index is 11.7. The Bertz CT molecular complexity index is 534. The van der Waals surface area contributed by atoms with Crippen LogP contribution in [0.4, 0.5) is 11.5 Å². The molecule has 2 fully saturated rings. The number of aromatic nitrogens is 1. The van der Waals surface area contributed by atoms with E-state index in [4.69, 9.17) is 10.5 Å². The molecule has 2 unspecified atom stereocenters. The van der Waals surface area contributed by atoms with Gasteiger partial charge in [0, 0.05) is 18.6 Å². The molecule has 3 heterocycles. The molecule has 2 saturated heterocycles. The van der Waals surface area contributed by atoms with Gasteiger partial charge in [-0.15, -0.1) is 0 Å². The molecular weight excluding hydrogens is 268 g/mol. The van der Waals surface area contributed by atoms with E-state index in [1.54, 1.807) is 6.07 Å². The molecule has 3 rings (SSSR count). The van der Waals surface area contributed by atoms with Gasteiger partial charge in [-0.2, -0.15) is 0 Å². The van der Waals surface area contributed by atoms with E-state index in [1.807, 2.05) is 0 Å². The standard InChI is InChI=1S/C15H22N4O2/c1-21-15(20)12-8-14(17-9-13(12)16)18-10-4-6-19-5-2-3-11(19)7-10/h8-11H,2-7,16H2,1H3,(H,17,18). The highest BCUT2D eigenvalue weighted by atomic mass is 16.5. The number of methoxy groups -OCH3 is 1. The number of nitrogens with two attached hydrogens (primary N) is 1. The Hall–Kier alpha value is -1.82. The van der Waals surface area contributed by atoms with Gasteiger partial charge < -0.3 is 20.7 Å². The number of pyridine rings is 1. The molecule has 2 aliphatic heterocycles. The first kappa shape index (κ1) is 14.1. The molecule has 0 saturated carbocycles. The number of hydrogen-bond donors (Lipinski definition) is 2. The maximum Gasteiger partial charge on any atom is 0.340 e. The monoisotopic (exact) mass is 290 g/mol. The largest absolute Gasteiger partial charge is 0.465 e. The van der Waals surface area contributed by atoms with E-state index in [9.17, 15) is 4.79 Å². The molecule has 2 atom stereocenters. The lowest BCUT2D eigenvalue weighted by Crippen LogP contribution is -2.42. The number of esters is 1. The summed E-state index contributed by atoms with van der Waals surface area (Å²) < 4.78 is 4.74. The molecule has 3 N–H and O–H groups in total. The van der Waals surface area contributed by atoms with Crippen molar-refractivity contribution in [2.75, 3.05) is 31.2 Å². The molecule has 0 amide bonds. The Morgan fingerprint density at radius 3 is 3.14 bits per heavy atom. The number of anilines is 2. The van der Waals surface area contributed by atoms with E-state index in [0.717, 1.165) is 19.4 Å². The number of carbonyl (C=O) groups is 1. The van der Waals surface area contributed by atoms with Gasteiger partial charge in [-0.25, -0.2) is 9.78 Å². The van der Waals surface area contributed by atoms with Crippen molar-refractivity contribution in [3.8, 4) is 0 Å². The van der Waals surface area contributed by atoms with Crippen molar-refractivity contribution in [3.63, 3.8) is 0 Å². The van der Waals surface area contributed by atoms with Crippen LogP contribution in [0.2, 0.25) is 0 Å². The van der Waals surface area contributed by atoms with Crippen LogP contribution in [-0.4, -0.2) is 48.1 Å². The summed E-state index contributed by atoms with van der Waals surface area (Å²) >= 11 is 0. The number of rotatable bonds is 3. The van der Waals surface area contributed by atoms with E-state index in [2.05, 4.69) is 15.2 Å². The van der Waals surface area contributed by atoms with Crippen molar-refractivity contribution in [1.29, 1.82) is 0 Å². The van der Waals surface area contributed by atoms with Crippen molar-refractivity contribution >= 4 is 17.5 Å². The average molecular weight is 290 g/mol. The molecule has 1 aromatic heterocycles. The van der Waals surface area contributed by atoms with E-state index in [-0.39, 0.29) is 0 Å². The van der Waals surface area contributed by atoms with E-state index < -0.39 is 5.97 Å². The fraction of sp³-hybridized carbons (Fsp3) is 0.600. The minimum atomic E-state index is -0.427. The van der Waals surface area contributed by atoms with Crippen LogP contribution < -0.4 is 11.1 Å². The zero-order chi connectivity index (χ0) is 14.8. The summed E-state index contributed by atoms with van der Waals surface area (Å²) in [5.74, 6) is 0.268. The summed E-state index contributed by atoms with van der Waals surface area (Å²) in [5, 5.41) is 3.44. The molecule has 0 spiro atoms. The fourth-order valence-corrected chi connectivity index (χ4v) is 3.40. The highest BCUT2D eigenvalue weighted by molar-refractivity contribution is 5.95. The van der Waals surface area contributed by atoms with Crippen molar-refractivity contribution in [3.05, 3.63) is 17.8 Å². The Morgan fingerprint density at radius 1 is 1.48 bits per heavy atom. The third-order valence-corrected chi connectivity index (χ3v) is 4.51. The van der Waals surface area contributed by atoms with Crippen molar-refractivity contribution in [2.24, 2.45) is 0 Å². The minimum absolute atomic E-state index is 0.345. The first-order chi connectivity index (χ1) is 10.2. The molecule has 6 heteroatoms. The Kier molecular flexibility index (Phi) is 3.96. The maximum absolute atomic E-state index is 11.7. The number of ether oxygens (including phenoxy) is 1. The van der Waals surface area contributed by atoms with Gasteiger partial charge >= 0.3 is 5.97 Å². The van der Waals surface area contributed by atoms with Crippen LogP contribution >= 0.6 is 0 Å². The molecule has 0 aromatic carbocycles. The lowest BCUT2D eigenvalue weighted by Gasteiger charge is -2.35. The van der Waals surface area contributed by atoms with Crippen LogP contribution in [0.1, 0.15) is 36.0 Å². The van der Waals surface area contributed by atoms with Gasteiger partial charge in [0.05, 0.1) is 24.6 Å². The second-order valence-corrected chi connectivity index (χ2v) is 5.85. The molecule has 6 nitrogen and oxygen atoms in total. The summed E-state index contributed by atoms with van der Waals surface area (Å²) in [6.45, 7) is 2.38. The summed E-state index contributed by atoms with van der Waals surface area (Å²) in [4.78, 5) is 18.5. The van der Waals surface area contributed by atoms with E-state index in [0.29, 0.717) is 29.2 Å². The van der Waals surface area contributed by atoms with Gasteiger partial charge in [0.2, 0.25) is 0 Å². The summed E-state index contributed by atoms with van der Waals surface area (Å²) in [5.41, 5.74) is 6.49. The van der Waals surface area contributed by atoms with Crippen LogP contribution in [-0.2, 0) is 4.74 Å². The van der Waals surface area contributed by atoms with Crippen molar-refractivity contribution in [2.45, 2.75) is 37.8 Å². The molecule has 2 aliphatic rings. The molecule has 0 bridgehead atoms. The Labute approximate surface area is 124 Å². The second-order valence-electron chi connectivity index (χ2n) is 5.85. The number of carbonyl (C=O) groups excluding carboxylic acids is 1. The van der Waals surface area contributed by atoms with Gasteiger partial charge in [0.25, 0.3) is 0 Å². The molecule has 0 aliphatic carbocycles. The highest BCUT2D eigenvalue weighted by Gasteiger charge is 2.31. The zero-order valence-electron chi connectivity index (χ0n) is 12.3. The summed E-state index contributed by atoms with van der Waals surface area (Å²) in [7, 11) is 1.35. The lowest BCUT2D eigenvalue weighted by molar-refractivity contribution is 0.0602. The van der Waals surface area contributed by atoms with Crippen LogP contribution in [0.3, 0.4) is 0 Å². The normalized spacial score (nSPS) is 25.4.